The van der Waals surface area contributed by atoms with Crippen LogP contribution in [0.3, 0.4) is 0 Å². The summed E-state index contributed by atoms with van der Waals surface area (Å²) in [4.78, 5) is 0. The SMILES string of the molecule is CSC1(CNc2ccc(N)c(OC(C)C)c2)CC1. The highest BCUT2D eigenvalue weighted by Gasteiger charge is 2.41. The van der Waals surface area contributed by atoms with Gasteiger partial charge in [-0.2, -0.15) is 11.8 Å². The van der Waals surface area contributed by atoms with Crippen LogP contribution in [0.1, 0.15) is 26.7 Å². The van der Waals surface area contributed by atoms with Crippen molar-refractivity contribution in [2.45, 2.75) is 37.5 Å². The van der Waals surface area contributed by atoms with Crippen molar-refractivity contribution < 1.29 is 4.74 Å². The Morgan fingerprint density at radius 3 is 2.72 bits per heavy atom. The molecule has 0 unspecified atom stereocenters. The summed E-state index contributed by atoms with van der Waals surface area (Å²) in [6.45, 7) is 5.03. The zero-order valence-corrected chi connectivity index (χ0v) is 12.1. The van der Waals surface area contributed by atoms with Gasteiger partial charge in [-0.3, -0.25) is 0 Å². The number of nitrogens with two attached hydrogens (primary N) is 1. The fourth-order valence-corrected chi connectivity index (χ4v) is 2.58. The number of rotatable bonds is 6. The van der Waals surface area contributed by atoms with E-state index in [-0.39, 0.29) is 6.10 Å². The number of hydrogen-bond acceptors (Lipinski definition) is 4. The average Bonchev–Trinajstić information content (AvgIpc) is 3.10. The lowest BCUT2D eigenvalue weighted by atomic mass is 10.2. The maximum Gasteiger partial charge on any atom is 0.144 e. The third-order valence-corrected chi connectivity index (χ3v) is 4.65. The van der Waals surface area contributed by atoms with E-state index in [9.17, 15) is 0 Å². The monoisotopic (exact) mass is 266 g/mol. The molecule has 3 N–H and O–H groups in total. The minimum absolute atomic E-state index is 0.142. The van der Waals surface area contributed by atoms with Gasteiger partial charge >= 0.3 is 0 Å². The first-order chi connectivity index (χ1) is 8.54. The first-order valence-electron chi connectivity index (χ1n) is 6.40. The molecule has 0 bridgehead atoms. The van der Waals surface area contributed by atoms with Gasteiger partial charge in [-0.15, -0.1) is 0 Å². The van der Waals surface area contributed by atoms with Gasteiger partial charge in [-0.1, -0.05) is 0 Å². The molecule has 1 fully saturated rings. The Balaban J connectivity index is 2.00. The van der Waals surface area contributed by atoms with Crippen LogP contribution in [-0.4, -0.2) is 23.7 Å². The minimum Gasteiger partial charge on any atom is -0.489 e. The maximum absolute atomic E-state index is 5.90. The van der Waals surface area contributed by atoms with Crippen LogP contribution in [-0.2, 0) is 0 Å². The number of nitrogen functional groups attached to an aromatic ring is 1. The van der Waals surface area contributed by atoms with Crippen molar-refractivity contribution in [2.24, 2.45) is 0 Å². The third kappa shape index (κ3) is 3.25. The summed E-state index contributed by atoms with van der Waals surface area (Å²) in [5.74, 6) is 0.768. The molecule has 3 nitrogen and oxygen atoms in total. The van der Waals surface area contributed by atoms with Gasteiger partial charge < -0.3 is 15.8 Å². The molecule has 4 heteroatoms. The highest BCUT2D eigenvalue weighted by Crippen LogP contribution is 2.47. The number of nitrogens with one attached hydrogen (secondary N) is 1. The molecular formula is C14H22N2OS. The van der Waals surface area contributed by atoms with E-state index in [0.29, 0.717) is 10.4 Å². The van der Waals surface area contributed by atoms with E-state index in [1.807, 2.05) is 43.8 Å². The van der Waals surface area contributed by atoms with E-state index in [0.717, 1.165) is 18.0 Å². The maximum atomic E-state index is 5.90. The molecule has 0 amide bonds. The van der Waals surface area contributed by atoms with Crippen molar-refractivity contribution in [2.75, 3.05) is 23.9 Å². The second kappa shape index (κ2) is 5.31. The first kappa shape index (κ1) is 13.4. The van der Waals surface area contributed by atoms with Gasteiger partial charge in [0.05, 0.1) is 11.8 Å². The molecule has 1 aliphatic rings. The van der Waals surface area contributed by atoms with Crippen molar-refractivity contribution in [1.29, 1.82) is 0 Å². The van der Waals surface area contributed by atoms with E-state index >= 15 is 0 Å². The Morgan fingerprint density at radius 2 is 2.17 bits per heavy atom. The standard InChI is InChI=1S/C14H22N2OS/c1-10(2)17-13-8-11(4-5-12(13)15)16-9-14(18-3)6-7-14/h4-5,8,10,16H,6-7,9,15H2,1-3H3. The predicted molar refractivity (Wildman–Crippen MR) is 80.6 cm³/mol. The first-order valence-corrected chi connectivity index (χ1v) is 7.62. The molecule has 0 atom stereocenters. The topological polar surface area (TPSA) is 47.3 Å². The molecule has 100 valence electrons. The predicted octanol–water partition coefficient (Wildman–Crippen LogP) is 3.36. The molecule has 0 heterocycles. The van der Waals surface area contributed by atoms with Crippen molar-refractivity contribution in [3.05, 3.63) is 18.2 Å². The minimum atomic E-state index is 0.142. The summed E-state index contributed by atoms with van der Waals surface area (Å²) in [5.41, 5.74) is 7.68. The molecular weight excluding hydrogens is 244 g/mol. The normalized spacial score (nSPS) is 16.7. The van der Waals surface area contributed by atoms with Crippen molar-refractivity contribution in [1.82, 2.24) is 0 Å². The van der Waals surface area contributed by atoms with Gasteiger partial charge in [0.2, 0.25) is 0 Å². The molecule has 0 saturated heterocycles. The van der Waals surface area contributed by atoms with Crippen LogP contribution in [0.2, 0.25) is 0 Å². The van der Waals surface area contributed by atoms with Crippen LogP contribution >= 0.6 is 11.8 Å². The molecule has 18 heavy (non-hydrogen) atoms. The van der Waals surface area contributed by atoms with Crippen LogP contribution in [0.15, 0.2) is 18.2 Å². The van der Waals surface area contributed by atoms with Gasteiger partial charge in [0, 0.05) is 23.0 Å². The molecule has 0 spiro atoms. The van der Waals surface area contributed by atoms with Crippen LogP contribution in [0.5, 0.6) is 5.75 Å². The number of hydrogen-bond donors (Lipinski definition) is 2. The van der Waals surface area contributed by atoms with Gasteiger partial charge in [0.15, 0.2) is 0 Å². The van der Waals surface area contributed by atoms with E-state index in [1.54, 1.807) is 0 Å². The van der Waals surface area contributed by atoms with E-state index < -0.39 is 0 Å². The molecule has 1 aromatic rings. The molecule has 1 saturated carbocycles. The summed E-state index contributed by atoms with van der Waals surface area (Å²) in [5, 5.41) is 3.48. The van der Waals surface area contributed by atoms with E-state index in [1.165, 1.54) is 12.8 Å². The second-order valence-electron chi connectivity index (χ2n) is 5.16. The molecule has 0 radical (unpaired) electrons. The molecule has 0 aromatic heterocycles. The highest BCUT2D eigenvalue weighted by molar-refractivity contribution is 8.00. The van der Waals surface area contributed by atoms with Crippen LogP contribution < -0.4 is 15.8 Å². The van der Waals surface area contributed by atoms with Crippen LogP contribution in [0, 0.1) is 0 Å². The lowest BCUT2D eigenvalue weighted by Crippen LogP contribution is -2.17. The van der Waals surface area contributed by atoms with Crippen LogP contribution in [0.4, 0.5) is 11.4 Å². The summed E-state index contributed by atoms with van der Waals surface area (Å²) < 4.78 is 6.15. The van der Waals surface area contributed by atoms with Gasteiger partial charge in [0.25, 0.3) is 0 Å². The van der Waals surface area contributed by atoms with E-state index in [4.69, 9.17) is 10.5 Å². The van der Waals surface area contributed by atoms with Crippen molar-refractivity contribution in [3.8, 4) is 5.75 Å². The zero-order valence-electron chi connectivity index (χ0n) is 11.3. The largest absolute Gasteiger partial charge is 0.489 e. The Hall–Kier alpha value is -1.03. The Bertz CT molecular complexity index is 416. The average molecular weight is 266 g/mol. The number of benzene rings is 1. The third-order valence-electron chi connectivity index (χ3n) is 3.23. The Morgan fingerprint density at radius 1 is 1.44 bits per heavy atom. The lowest BCUT2D eigenvalue weighted by Gasteiger charge is -2.17. The summed E-state index contributed by atoms with van der Waals surface area (Å²) in [6, 6.07) is 5.91. The zero-order chi connectivity index (χ0) is 13.2. The number of ether oxygens (including phenoxy) is 1. The number of anilines is 2. The summed E-state index contributed by atoms with van der Waals surface area (Å²) >= 11 is 1.96. The quantitative estimate of drug-likeness (QED) is 0.775. The smallest absolute Gasteiger partial charge is 0.144 e. The Kier molecular flexibility index (Phi) is 3.95. The van der Waals surface area contributed by atoms with Gasteiger partial charge in [-0.25, -0.2) is 0 Å². The fourth-order valence-electron chi connectivity index (χ4n) is 1.86. The van der Waals surface area contributed by atoms with E-state index in [2.05, 4.69) is 11.6 Å². The van der Waals surface area contributed by atoms with Crippen molar-refractivity contribution >= 4 is 23.1 Å². The molecule has 1 aliphatic carbocycles. The molecule has 2 rings (SSSR count). The number of thioether (sulfide) groups is 1. The van der Waals surface area contributed by atoms with Gasteiger partial charge in [-0.05, 0) is 45.1 Å². The second-order valence-corrected chi connectivity index (χ2v) is 6.43. The van der Waals surface area contributed by atoms with Gasteiger partial charge in [0.1, 0.15) is 5.75 Å². The summed E-state index contributed by atoms with van der Waals surface area (Å²) in [7, 11) is 0. The highest BCUT2D eigenvalue weighted by atomic mass is 32.2. The van der Waals surface area contributed by atoms with Crippen LogP contribution in [0.25, 0.3) is 0 Å². The van der Waals surface area contributed by atoms with Crippen molar-refractivity contribution in [3.63, 3.8) is 0 Å². The lowest BCUT2D eigenvalue weighted by molar-refractivity contribution is 0.244. The molecule has 0 aliphatic heterocycles. The molecule has 1 aromatic carbocycles. The Labute approximate surface area is 113 Å². The fraction of sp³-hybridized carbons (Fsp3) is 0.571. The summed E-state index contributed by atoms with van der Waals surface area (Å²) in [6.07, 6.45) is 4.95.